The third-order valence-electron chi connectivity index (χ3n) is 5.40. The van der Waals surface area contributed by atoms with Crippen LogP contribution in [0.2, 0.25) is 0 Å². The van der Waals surface area contributed by atoms with Crippen LogP contribution in [0.25, 0.3) is 0 Å². The predicted octanol–water partition coefficient (Wildman–Crippen LogP) is 2.23. The fourth-order valence-corrected chi connectivity index (χ4v) is 4.59. The molecular formula is C23H26N4O5S. The molecule has 9 nitrogen and oxygen atoms in total. The third kappa shape index (κ3) is 5.59. The Morgan fingerprint density at radius 3 is 2.70 bits per heavy atom. The second-order valence-electron chi connectivity index (χ2n) is 7.65. The summed E-state index contributed by atoms with van der Waals surface area (Å²) in [5.74, 6) is 0.958. The van der Waals surface area contributed by atoms with Crippen molar-refractivity contribution in [1.29, 1.82) is 0 Å². The smallest absolute Gasteiger partial charge is 0.251 e. The number of hydrogen-bond acceptors (Lipinski definition) is 7. The zero-order valence-electron chi connectivity index (χ0n) is 18.3. The molecule has 1 fully saturated rings. The van der Waals surface area contributed by atoms with Crippen molar-refractivity contribution in [2.45, 2.75) is 24.9 Å². The zero-order chi connectivity index (χ0) is 23.3. The molecule has 0 aliphatic carbocycles. The summed E-state index contributed by atoms with van der Waals surface area (Å²) < 4.78 is 38.5. The Morgan fingerprint density at radius 1 is 1.12 bits per heavy atom. The number of ether oxygens (including phenoxy) is 1. The van der Waals surface area contributed by atoms with Gasteiger partial charge in [-0.2, -0.15) is 0 Å². The lowest BCUT2D eigenvalue weighted by atomic mass is 10.1. The summed E-state index contributed by atoms with van der Waals surface area (Å²) in [4.78, 5) is 19.6. The molecule has 2 N–H and O–H groups in total. The number of aryl methyl sites for hydroxylation is 1. The molecule has 1 aromatic carbocycles. The van der Waals surface area contributed by atoms with Gasteiger partial charge in [-0.05, 0) is 42.8 Å². The minimum atomic E-state index is -3.82. The summed E-state index contributed by atoms with van der Waals surface area (Å²) in [6.07, 6.45) is 3.20. The van der Waals surface area contributed by atoms with Crippen molar-refractivity contribution in [3.05, 3.63) is 77.4 Å². The molecule has 0 atom stereocenters. The van der Waals surface area contributed by atoms with Crippen molar-refractivity contribution < 1.29 is 22.4 Å². The lowest BCUT2D eigenvalue weighted by Gasteiger charge is -2.29. The number of carbonyl (C=O) groups excluding carboxylic acids is 1. The molecular weight excluding hydrogens is 444 g/mol. The van der Waals surface area contributed by atoms with Gasteiger partial charge in [0, 0.05) is 37.0 Å². The van der Waals surface area contributed by atoms with Crippen LogP contribution in [0.5, 0.6) is 0 Å². The molecule has 1 aliphatic rings. The molecule has 10 heteroatoms. The van der Waals surface area contributed by atoms with E-state index in [0.717, 1.165) is 24.5 Å². The van der Waals surface area contributed by atoms with Crippen LogP contribution in [0.1, 0.15) is 27.2 Å². The molecule has 0 spiro atoms. The third-order valence-corrected chi connectivity index (χ3v) is 6.80. The van der Waals surface area contributed by atoms with Crippen LogP contribution in [0.4, 0.5) is 5.82 Å². The average Bonchev–Trinajstić information content (AvgIpc) is 3.36. The molecule has 174 valence electrons. The van der Waals surface area contributed by atoms with Gasteiger partial charge in [0.1, 0.15) is 11.6 Å². The van der Waals surface area contributed by atoms with E-state index < -0.39 is 10.0 Å². The second kappa shape index (κ2) is 10.2. The average molecular weight is 471 g/mol. The highest BCUT2D eigenvalue weighted by Gasteiger charge is 2.20. The van der Waals surface area contributed by atoms with Gasteiger partial charge in [-0.25, -0.2) is 18.1 Å². The maximum Gasteiger partial charge on any atom is 0.251 e. The summed E-state index contributed by atoms with van der Waals surface area (Å²) in [7, 11) is -3.82. The van der Waals surface area contributed by atoms with Crippen LogP contribution < -0.4 is 14.9 Å². The lowest BCUT2D eigenvalue weighted by molar-refractivity contribution is 0.0950. The Hall–Kier alpha value is -3.21. The molecule has 2 aromatic heterocycles. The number of hydrogen-bond donors (Lipinski definition) is 2. The Morgan fingerprint density at radius 2 is 1.94 bits per heavy atom. The second-order valence-corrected chi connectivity index (χ2v) is 9.42. The Labute approximate surface area is 192 Å². The van der Waals surface area contributed by atoms with Crippen molar-refractivity contribution in [1.82, 2.24) is 15.0 Å². The van der Waals surface area contributed by atoms with E-state index in [1.54, 1.807) is 31.3 Å². The lowest BCUT2D eigenvalue weighted by Crippen LogP contribution is -2.37. The highest BCUT2D eigenvalue weighted by atomic mass is 32.2. The quantitative estimate of drug-likeness (QED) is 0.519. The number of anilines is 1. The van der Waals surface area contributed by atoms with Gasteiger partial charge in [-0.15, -0.1) is 0 Å². The summed E-state index contributed by atoms with van der Waals surface area (Å²) in [6.45, 7) is 4.81. The number of rotatable bonds is 8. The van der Waals surface area contributed by atoms with Crippen molar-refractivity contribution >= 4 is 21.7 Å². The number of nitrogens with one attached hydrogen (secondary N) is 2. The first kappa shape index (κ1) is 23.0. The summed E-state index contributed by atoms with van der Waals surface area (Å²) >= 11 is 0. The van der Waals surface area contributed by atoms with E-state index in [2.05, 4.69) is 19.9 Å². The largest absolute Gasteiger partial charge is 0.468 e. The predicted molar refractivity (Wildman–Crippen MR) is 122 cm³/mol. The number of morpholine rings is 1. The van der Waals surface area contributed by atoms with Crippen LogP contribution in [0.3, 0.4) is 0 Å². The first-order valence-electron chi connectivity index (χ1n) is 10.6. The molecule has 0 unspecified atom stereocenters. The van der Waals surface area contributed by atoms with E-state index in [9.17, 15) is 13.2 Å². The zero-order valence-corrected chi connectivity index (χ0v) is 19.1. The molecule has 3 aromatic rings. The summed E-state index contributed by atoms with van der Waals surface area (Å²) in [6, 6.07) is 11.6. The molecule has 0 bridgehead atoms. The van der Waals surface area contributed by atoms with E-state index >= 15 is 0 Å². The van der Waals surface area contributed by atoms with Gasteiger partial charge in [-0.3, -0.25) is 4.79 Å². The number of nitrogens with zero attached hydrogens (tertiary/aromatic N) is 2. The van der Waals surface area contributed by atoms with Gasteiger partial charge >= 0.3 is 0 Å². The normalized spacial score (nSPS) is 14.3. The van der Waals surface area contributed by atoms with E-state index in [0.29, 0.717) is 30.1 Å². The molecule has 1 amide bonds. The molecule has 1 saturated heterocycles. The van der Waals surface area contributed by atoms with E-state index in [4.69, 9.17) is 9.15 Å². The minimum absolute atomic E-state index is 0.0141. The van der Waals surface area contributed by atoms with Crippen LogP contribution in [0.15, 0.2) is 64.2 Å². The number of sulfonamides is 1. The molecule has 0 radical (unpaired) electrons. The molecule has 4 rings (SSSR count). The van der Waals surface area contributed by atoms with Crippen LogP contribution in [-0.2, 0) is 27.8 Å². The van der Waals surface area contributed by atoms with Crippen molar-refractivity contribution in [3.8, 4) is 0 Å². The monoisotopic (exact) mass is 470 g/mol. The maximum atomic E-state index is 13.0. The highest BCUT2D eigenvalue weighted by molar-refractivity contribution is 7.89. The standard InChI is InChI=1S/C23H26N4O5S/c1-17-6-7-20(33(29,30)26-16-19-5-3-11-32-19)14-21(17)23(28)25-15-18-4-2-8-24-22(18)27-9-12-31-13-10-27/h2-8,11,14,26H,9-10,12-13,15-16H2,1H3,(H,25,28). The molecule has 3 heterocycles. The first-order valence-corrected chi connectivity index (χ1v) is 12.1. The number of furan rings is 1. The molecule has 1 aliphatic heterocycles. The maximum absolute atomic E-state index is 13.0. The Balaban J connectivity index is 1.47. The fourth-order valence-electron chi connectivity index (χ4n) is 3.57. The van der Waals surface area contributed by atoms with Crippen LogP contribution >= 0.6 is 0 Å². The van der Waals surface area contributed by atoms with Crippen LogP contribution in [-0.4, -0.2) is 45.6 Å². The van der Waals surface area contributed by atoms with Gasteiger partial charge in [-0.1, -0.05) is 12.1 Å². The highest BCUT2D eigenvalue weighted by Crippen LogP contribution is 2.20. The number of aromatic nitrogens is 1. The van der Waals surface area contributed by atoms with Gasteiger partial charge in [0.05, 0.1) is 30.9 Å². The van der Waals surface area contributed by atoms with E-state index in [1.165, 1.54) is 18.4 Å². The summed E-state index contributed by atoms with van der Waals surface area (Å²) in [5, 5.41) is 2.90. The van der Waals surface area contributed by atoms with E-state index in [-0.39, 0.29) is 23.9 Å². The van der Waals surface area contributed by atoms with E-state index in [1.807, 2.05) is 12.1 Å². The van der Waals surface area contributed by atoms with Gasteiger partial charge in [0.2, 0.25) is 10.0 Å². The minimum Gasteiger partial charge on any atom is -0.468 e. The topological polar surface area (TPSA) is 114 Å². The first-order chi connectivity index (χ1) is 15.9. The number of amides is 1. The van der Waals surface area contributed by atoms with Crippen LogP contribution in [0, 0.1) is 6.92 Å². The molecule has 0 saturated carbocycles. The van der Waals surface area contributed by atoms with Crippen molar-refractivity contribution in [2.24, 2.45) is 0 Å². The Bertz CT molecular complexity index is 1210. The Kier molecular flexibility index (Phi) is 7.07. The van der Waals surface area contributed by atoms with Crippen molar-refractivity contribution in [3.63, 3.8) is 0 Å². The SMILES string of the molecule is Cc1ccc(S(=O)(=O)NCc2ccco2)cc1C(=O)NCc1cccnc1N1CCOCC1. The van der Waals surface area contributed by atoms with Gasteiger partial charge in [0.15, 0.2) is 0 Å². The van der Waals surface area contributed by atoms with Gasteiger partial charge < -0.3 is 19.4 Å². The fraction of sp³-hybridized carbons (Fsp3) is 0.304. The molecule has 33 heavy (non-hydrogen) atoms. The summed E-state index contributed by atoms with van der Waals surface area (Å²) in [5.41, 5.74) is 1.86. The number of benzene rings is 1. The van der Waals surface area contributed by atoms with Gasteiger partial charge in [0.25, 0.3) is 5.91 Å². The number of carbonyl (C=O) groups is 1. The van der Waals surface area contributed by atoms with Crippen molar-refractivity contribution in [2.75, 3.05) is 31.2 Å². The number of pyridine rings is 1.